The number of carbonyl (C=O) groups is 1. The number of nitrogens with zero attached hydrogens (tertiary/aromatic N) is 3. The van der Waals surface area contributed by atoms with Crippen molar-refractivity contribution in [3.8, 4) is 0 Å². The quantitative estimate of drug-likeness (QED) is 0.586. The van der Waals surface area contributed by atoms with Crippen LogP contribution in [0, 0.1) is 19.7 Å². The zero-order valence-electron chi connectivity index (χ0n) is 18.1. The number of sulfonamides is 1. The Labute approximate surface area is 187 Å². The Kier molecular flexibility index (Phi) is 6.21. The minimum absolute atomic E-state index is 0.0557. The van der Waals surface area contributed by atoms with Crippen LogP contribution in [0.3, 0.4) is 0 Å². The summed E-state index contributed by atoms with van der Waals surface area (Å²) in [4.78, 5) is 15.0. The zero-order valence-corrected chi connectivity index (χ0v) is 18.9. The van der Waals surface area contributed by atoms with Gasteiger partial charge < -0.3 is 13.9 Å². The SMILES string of the molecule is Cc1cc(C(=O)N2CCCN(S(=O)(=O)c3ccc(F)cc3)CC2)c(C)n1Cc1ccco1. The first-order valence-corrected chi connectivity index (χ1v) is 12.0. The predicted octanol–water partition coefficient (Wildman–Crippen LogP) is 3.42. The molecule has 1 amide bonds. The van der Waals surface area contributed by atoms with Crippen LogP contribution in [0.2, 0.25) is 0 Å². The number of aromatic nitrogens is 1. The van der Waals surface area contributed by atoms with Crippen LogP contribution in [0.4, 0.5) is 4.39 Å². The second kappa shape index (κ2) is 8.91. The molecule has 0 unspecified atom stereocenters. The van der Waals surface area contributed by atoms with Crippen molar-refractivity contribution >= 4 is 15.9 Å². The smallest absolute Gasteiger partial charge is 0.255 e. The highest BCUT2D eigenvalue weighted by atomic mass is 32.2. The van der Waals surface area contributed by atoms with E-state index in [0.717, 1.165) is 29.3 Å². The topological polar surface area (TPSA) is 75.8 Å². The van der Waals surface area contributed by atoms with Crippen molar-refractivity contribution < 1.29 is 22.0 Å². The number of hydrogen-bond acceptors (Lipinski definition) is 4. The second-order valence-corrected chi connectivity index (χ2v) is 9.89. The Morgan fingerprint density at radius 3 is 2.50 bits per heavy atom. The van der Waals surface area contributed by atoms with Crippen molar-refractivity contribution in [1.82, 2.24) is 13.8 Å². The Hall–Kier alpha value is -2.91. The number of amides is 1. The van der Waals surface area contributed by atoms with Gasteiger partial charge in [-0.25, -0.2) is 12.8 Å². The van der Waals surface area contributed by atoms with Crippen molar-refractivity contribution in [2.75, 3.05) is 26.2 Å². The van der Waals surface area contributed by atoms with E-state index >= 15 is 0 Å². The summed E-state index contributed by atoms with van der Waals surface area (Å²) in [7, 11) is -3.74. The number of halogens is 1. The molecule has 0 bridgehead atoms. The molecule has 3 heterocycles. The van der Waals surface area contributed by atoms with Gasteiger partial charge in [0.25, 0.3) is 5.91 Å². The molecule has 3 aromatic rings. The minimum atomic E-state index is -3.74. The predicted molar refractivity (Wildman–Crippen MR) is 117 cm³/mol. The van der Waals surface area contributed by atoms with Crippen LogP contribution in [-0.2, 0) is 16.6 Å². The molecule has 2 aromatic heterocycles. The van der Waals surface area contributed by atoms with Crippen LogP contribution in [0.25, 0.3) is 0 Å². The van der Waals surface area contributed by atoms with E-state index in [-0.39, 0.29) is 17.3 Å². The lowest BCUT2D eigenvalue weighted by Gasteiger charge is -2.22. The van der Waals surface area contributed by atoms with Crippen molar-refractivity contribution in [1.29, 1.82) is 0 Å². The van der Waals surface area contributed by atoms with Crippen LogP contribution < -0.4 is 0 Å². The van der Waals surface area contributed by atoms with Crippen molar-refractivity contribution in [2.45, 2.75) is 31.7 Å². The van der Waals surface area contributed by atoms with E-state index in [0.29, 0.717) is 38.2 Å². The maximum atomic E-state index is 13.3. The van der Waals surface area contributed by atoms with Crippen molar-refractivity contribution in [3.05, 3.63) is 77.3 Å². The van der Waals surface area contributed by atoms with E-state index < -0.39 is 15.8 Å². The highest BCUT2D eigenvalue weighted by Crippen LogP contribution is 2.22. The molecule has 1 aliphatic rings. The first-order chi connectivity index (χ1) is 15.3. The van der Waals surface area contributed by atoms with Gasteiger partial charge in [0.05, 0.1) is 23.3 Å². The molecular formula is C23H26FN3O4S. The minimum Gasteiger partial charge on any atom is -0.467 e. The van der Waals surface area contributed by atoms with Crippen LogP contribution >= 0.6 is 0 Å². The van der Waals surface area contributed by atoms with Crippen molar-refractivity contribution in [3.63, 3.8) is 0 Å². The molecule has 0 aliphatic carbocycles. The number of hydrogen-bond donors (Lipinski definition) is 0. The normalized spacial score (nSPS) is 15.7. The number of carbonyl (C=O) groups excluding carboxylic acids is 1. The maximum Gasteiger partial charge on any atom is 0.255 e. The average molecular weight is 460 g/mol. The molecule has 7 nitrogen and oxygen atoms in total. The van der Waals surface area contributed by atoms with E-state index in [2.05, 4.69) is 0 Å². The van der Waals surface area contributed by atoms with Gasteiger partial charge in [-0.05, 0) is 62.7 Å². The molecule has 0 atom stereocenters. The van der Waals surface area contributed by atoms with Crippen LogP contribution in [0.1, 0.15) is 33.9 Å². The van der Waals surface area contributed by atoms with Gasteiger partial charge in [-0.15, -0.1) is 0 Å². The molecule has 0 radical (unpaired) electrons. The standard InChI is InChI=1S/C23H26FN3O4S/c1-17-15-22(18(2)27(17)16-20-5-3-14-31-20)23(28)25-10-4-11-26(13-12-25)32(29,30)21-8-6-19(24)7-9-21/h3,5-9,14-15H,4,10-13,16H2,1-2H3. The molecule has 0 spiro atoms. The third-order valence-electron chi connectivity index (χ3n) is 5.89. The third-order valence-corrected chi connectivity index (χ3v) is 7.80. The monoisotopic (exact) mass is 459 g/mol. The van der Waals surface area contributed by atoms with Gasteiger partial charge >= 0.3 is 0 Å². The fourth-order valence-electron chi connectivity index (χ4n) is 4.08. The Morgan fingerprint density at radius 2 is 1.81 bits per heavy atom. The molecule has 0 N–H and O–H groups in total. The van der Waals surface area contributed by atoms with E-state index in [9.17, 15) is 17.6 Å². The molecule has 1 aromatic carbocycles. The van der Waals surface area contributed by atoms with E-state index in [4.69, 9.17) is 4.42 Å². The summed E-state index contributed by atoms with van der Waals surface area (Å²) in [5.74, 6) is 0.216. The largest absolute Gasteiger partial charge is 0.467 e. The van der Waals surface area contributed by atoms with Gasteiger partial charge in [0, 0.05) is 37.6 Å². The maximum absolute atomic E-state index is 13.3. The lowest BCUT2D eigenvalue weighted by molar-refractivity contribution is 0.0763. The number of aryl methyl sites for hydroxylation is 1. The average Bonchev–Trinajstić information content (AvgIpc) is 3.28. The molecule has 170 valence electrons. The summed E-state index contributed by atoms with van der Waals surface area (Å²) in [6.07, 6.45) is 2.15. The summed E-state index contributed by atoms with van der Waals surface area (Å²) in [6, 6.07) is 10.4. The lowest BCUT2D eigenvalue weighted by Crippen LogP contribution is -2.37. The number of furan rings is 1. The summed E-state index contributed by atoms with van der Waals surface area (Å²) in [5, 5.41) is 0. The van der Waals surface area contributed by atoms with Gasteiger partial charge in [0.1, 0.15) is 11.6 Å². The highest BCUT2D eigenvalue weighted by Gasteiger charge is 2.29. The third kappa shape index (κ3) is 4.35. The summed E-state index contributed by atoms with van der Waals surface area (Å²) >= 11 is 0. The zero-order chi connectivity index (χ0) is 22.9. The molecule has 9 heteroatoms. The summed E-state index contributed by atoms with van der Waals surface area (Å²) < 4.78 is 47.9. The van der Waals surface area contributed by atoms with E-state index in [1.54, 1.807) is 11.2 Å². The fourth-order valence-corrected chi connectivity index (χ4v) is 5.55. The first-order valence-electron chi connectivity index (χ1n) is 10.5. The van der Waals surface area contributed by atoms with Crippen LogP contribution in [-0.4, -0.2) is 54.3 Å². The van der Waals surface area contributed by atoms with Gasteiger partial charge in [-0.3, -0.25) is 4.79 Å². The first kappa shape index (κ1) is 22.3. The molecule has 0 saturated carbocycles. The van der Waals surface area contributed by atoms with Crippen molar-refractivity contribution in [2.24, 2.45) is 0 Å². The molecule has 1 saturated heterocycles. The fraction of sp³-hybridized carbons (Fsp3) is 0.348. The van der Waals surface area contributed by atoms with Gasteiger partial charge in [0.15, 0.2) is 0 Å². The molecule has 4 rings (SSSR count). The van der Waals surface area contributed by atoms with Gasteiger partial charge in [-0.1, -0.05) is 0 Å². The summed E-state index contributed by atoms with van der Waals surface area (Å²) in [5.41, 5.74) is 2.42. The second-order valence-electron chi connectivity index (χ2n) is 7.95. The van der Waals surface area contributed by atoms with Gasteiger partial charge in [0.2, 0.25) is 10.0 Å². The molecule has 1 fully saturated rings. The molecule has 32 heavy (non-hydrogen) atoms. The Morgan fingerprint density at radius 1 is 1.06 bits per heavy atom. The number of benzene rings is 1. The van der Waals surface area contributed by atoms with Crippen LogP contribution in [0.5, 0.6) is 0 Å². The van der Waals surface area contributed by atoms with E-state index in [1.165, 1.54) is 16.4 Å². The molecule has 1 aliphatic heterocycles. The van der Waals surface area contributed by atoms with Gasteiger partial charge in [-0.2, -0.15) is 4.31 Å². The highest BCUT2D eigenvalue weighted by molar-refractivity contribution is 7.89. The van der Waals surface area contributed by atoms with Crippen LogP contribution in [0.15, 0.2) is 58.0 Å². The Bertz CT molecular complexity index is 1200. The lowest BCUT2D eigenvalue weighted by atomic mass is 10.2. The van der Waals surface area contributed by atoms with E-state index in [1.807, 2.05) is 36.6 Å². The number of rotatable bonds is 5. The Balaban J connectivity index is 1.49. The molecular weight excluding hydrogens is 433 g/mol. The summed E-state index contributed by atoms with van der Waals surface area (Å²) in [6.45, 7) is 5.66.